The Morgan fingerprint density at radius 2 is 2.44 bits per heavy atom. The first kappa shape index (κ1) is 7.76. The molecule has 0 rings (SSSR count). The first-order chi connectivity index (χ1) is 4.16. The smallest absolute Gasteiger partial charge is 0.343 e. The number of nitrogens with zero attached hydrogens (tertiary/aromatic N) is 1. The summed E-state index contributed by atoms with van der Waals surface area (Å²) < 4.78 is 4.45. The number of ether oxygens (including phenoxy) is 1. The van der Waals surface area contributed by atoms with Crippen LogP contribution in [-0.2, 0) is 9.53 Å². The van der Waals surface area contributed by atoms with Crippen molar-refractivity contribution in [2.45, 2.75) is 20.0 Å². The van der Waals surface area contributed by atoms with Crippen LogP contribution in [-0.4, -0.2) is 12.1 Å². The van der Waals surface area contributed by atoms with Crippen molar-refractivity contribution < 1.29 is 9.53 Å². The molecule has 0 fully saturated rings. The molecule has 0 amide bonds. The van der Waals surface area contributed by atoms with Crippen molar-refractivity contribution >= 4 is 5.97 Å². The first-order valence-electron chi connectivity index (χ1n) is 2.42. The van der Waals surface area contributed by atoms with E-state index in [0.29, 0.717) is 0 Å². The third kappa shape index (κ3) is 4.62. The zero-order chi connectivity index (χ0) is 7.28. The van der Waals surface area contributed by atoms with Crippen LogP contribution in [0.5, 0.6) is 0 Å². The van der Waals surface area contributed by atoms with Crippen molar-refractivity contribution in [2.24, 2.45) is 0 Å². The Hall–Kier alpha value is -1.24. The first-order valence-corrected chi connectivity index (χ1v) is 2.42. The predicted molar refractivity (Wildman–Crippen MR) is 31.8 cm³/mol. The van der Waals surface area contributed by atoms with Crippen LogP contribution in [0.3, 0.4) is 0 Å². The Kier molecular flexibility index (Phi) is 3.21. The van der Waals surface area contributed by atoms with E-state index in [4.69, 9.17) is 0 Å². The van der Waals surface area contributed by atoms with Gasteiger partial charge >= 0.3 is 12.0 Å². The minimum absolute atomic E-state index is 0.446. The normalized spacial score (nSPS) is 10.9. The average molecular weight is 129 g/mol. The minimum Gasteiger partial charge on any atom is -0.498 e. The van der Waals surface area contributed by atoms with Gasteiger partial charge in [-0.1, -0.05) is 0 Å². The second-order valence-corrected chi connectivity index (χ2v) is 1.47. The van der Waals surface area contributed by atoms with Crippen molar-refractivity contribution in [2.75, 3.05) is 0 Å². The quantitative estimate of drug-likeness (QED) is 0.388. The lowest BCUT2D eigenvalue weighted by atomic mass is 10.5. The SMILES string of the molecule is CC(=O)O[C@@H](C)C#[N+][O-]. The van der Waals surface area contributed by atoms with Gasteiger partial charge in [0, 0.05) is 11.9 Å². The van der Waals surface area contributed by atoms with E-state index in [0.717, 1.165) is 0 Å². The molecule has 0 aromatic heterocycles. The molecule has 9 heavy (non-hydrogen) atoms. The largest absolute Gasteiger partial charge is 0.498 e. The fraction of sp³-hybridized carbons (Fsp3) is 0.600. The standard InChI is InChI=1S/C5H7NO3/c1-4(3-6-8)9-5(2)7/h4H,1-2H3/t4-/m0/s1. The van der Waals surface area contributed by atoms with Gasteiger partial charge in [0.1, 0.15) is 0 Å². The Labute approximate surface area is 52.8 Å². The lowest BCUT2D eigenvalue weighted by molar-refractivity contribution is -0.143. The molecule has 0 aliphatic carbocycles. The highest BCUT2D eigenvalue weighted by Crippen LogP contribution is 1.87. The fourth-order valence-corrected chi connectivity index (χ4v) is 0.350. The maximum Gasteiger partial charge on any atom is 0.343 e. The van der Waals surface area contributed by atoms with E-state index in [1.165, 1.54) is 13.8 Å². The summed E-state index contributed by atoms with van der Waals surface area (Å²) in [6, 6.07) is 2.00. The summed E-state index contributed by atoms with van der Waals surface area (Å²) in [4.78, 5) is 10.1. The van der Waals surface area contributed by atoms with Crippen LogP contribution in [0.15, 0.2) is 0 Å². The zero-order valence-electron chi connectivity index (χ0n) is 5.25. The Morgan fingerprint density at radius 1 is 1.89 bits per heavy atom. The monoisotopic (exact) mass is 129 g/mol. The van der Waals surface area contributed by atoms with E-state index in [2.05, 4.69) is 9.75 Å². The molecule has 0 spiro atoms. The number of esters is 1. The van der Waals surface area contributed by atoms with Crippen LogP contribution in [0.1, 0.15) is 13.8 Å². The van der Waals surface area contributed by atoms with E-state index in [9.17, 15) is 10.0 Å². The Balaban J connectivity index is 3.59. The summed E-state index contributed by atoms with van der Waals surface area (Å²) in [5, 5.41) is 11.8. The summed E-state index contributed by atoms with van der Waals surface area (Å²) >= 11 is 0. The molecule has 0 saturated carbocycles. The predicted octanol–water partition coefficient (Wildman–Crippen LogP) is 0.769. The van der Waals surface area contributed by atoms with Crippen molar-refractivity contribution in [3.05, 3.63) is 10.2 Å². The van der Waals surface area contributed by atoms with E-state index < -0.39 is 12.1 Å². The van der Waals surface area contributed by atoms with E-state index >= 15 is 0 Å². The third-order valence-electron chi connectivity index (χ3n) is 0.577. The van der Waals surface area contributed by atoms with E-state index in [1.54, 1.807) is 0 Å². The molecule has 0 saturated heterocycles. The Bertz CT molecular complexity index is 155. The second-order valence-electron chi connectivity index (χ2n) is 1.47. The highest BCUT2D eigenvalue weighted by atomic mass is 16.5. The molecule has 1 atom stereocenters. The van der Waals surface area contributed by atoms with Gasteiger partial charge in [0.25, 0.3) is 0 Å². The maximum atomic E-state index is 10.1. The maximum absolute atomic E-state index is 10.1. The van der Waals surface area contributed by atoms with Crippen LogP contribution in [0.2, 0.25) is 0 Å². The van der Waals surface area contributed by atoms with Gasteiger partial charge in [-0.25, -0.2) is 0 Å². The molecule has 4 nitrogen and oxygen atoms in total. The summed E-state index contributed by atoms with van der Waals surface area (Å²) in [7, 11) is 0. The van der Waals surface area contributed by atoms with Gasteiger partial charge in [-0.15, -0.1) is 0 Å². The Morgan fingerprint density at radius 3 is 2.78 bits per heavy atom. The molecule has 0 aromatic rings. The lowest BCUT2D eigenvalue weighted by Gasteiger charge is -1.96. The van der Waals surface area contributed by atoms with Gasteiger partial charge in [0.15, 0.2) is 0 Å². The zero-order valence-corrected chi connectivity index (χ0v) is 5.25. The summed E-state index contributed by atoms with van der Waals surface area (Å²) in [6.45, 7) is 2.76. The van der Waals surface area contributed by atoms with Gasteiger partial charge < -0.3 is 9.94 Å². The van der Waals surface area contributed by atoms with E-state index in [1.807, 2.05) is 6.07 Å². The van der Waals surface area contributed by atoms with Crippen LogP contribution in [0.4, 0.5) is 0 Å². The van der Waals surface area contributed by atoms with Gasteiger partial charge in [-0.3, -0.25) is 4.79 Å². The molecular formula is C5H7NO3. The van der Waals surface area contributed by atoms with Crippen molar-refractivity contribution in [3.63, 3.8) is 0 Å². The molecule has 4 heteroatoms. The third-order valence-corrected chi connectivity index (χ3v) is 0.577. The molecular weight excluding hydrogens is 122 g/mol. The van der Waals surface area contributed by atoms with Crippen LogP contribution in [0.25, 0.3) is 5.01 Å². The molecule has 50 valence electrons. The molecule has 0 aliphatic rings. The number of carbonyl (C=O) groups excluding carboxylic acids is 1. The van der Waals surface area contributed by atoms with Crippen LogP contribution >= 0.6 is 0 Å². The molecule has 0 aromatic carbocycles. The highest BCUT2D eigenvalue weighted by Gasteiger charge is 2.05. The molecule has 0 heterocycles. The molecule has 0 unspecified atom stereocenters. The fourth-order valence-electron chi connectivity index (χ4n) is 0.350. The number of rotatable bonds is 1. The summed E-state index contributed by atoms with van der Waals surface area (Å²) in [5.41, 5.74) is 0. The van der Waals surface area contributed by atoms with E-state index in [-0.39, 0.29) is 0 Å². The van der Waals surface area contributed by atoms with Crippen molar-refractivity contribution in [3.8, 4) is 6.07 Å². The van der Waals surface area contributed by atoms with Gasteiger partial charge in [-0.2, -0.15) is 0 Å². The molecule has 0 aliphatic heterocycles. The highest BCUT2D eigenvalue weighted by molar-refractivity contribution is 5.66. The average Bonchev–Trinajstić information content (AvgIpc) is 1.63. The van der Waals surface area contributed by atoms with Crippen LogP contribution in [0, 0.1) is 11.3 Å². The minimum atomic E-state index is -0.639. The van der Waals surface area contributed by atoms with Crippen molar-refractivity contribution in [1.82, 2.24) is 0 Å². The second kappa shape index (κ2) is 3.72. The number of hydrogen-bond donors (Lipinski definition) is 0. The lowest BCUT2D eigenvalue weighted by Crippen LogP contribution is -2.08. The molecule has 0 N–H and O–H groups in total. The van der Waals surface area contributed by atoms with Crippen LogP contribution < -0.4 is 0 Å². The molecule has 0 bridgehead atoms. The van der Waals surface area contributed by atoms with Gasteiger partial charge in [0.05, 0.1) is 0 Å². The van der Waals surface area contributed by atoms with Gasteiger partial charge in [-0.05, 0) is 6.92 Å². The number of carbonyl (C=O) groups is 1. The molecule has 0 radical (unpaired) electrons. The van der Waals surface area contributed by atoms with Crippen molar-refractivity contribution in [1.29, 1.82) is 0 Å². The summed E-state index contributed by atoms with van der Waals surface area (Å²) in [5.74, 6) is -0.446. The summed E-state index contributed by atoms with van der Waals surface area (Å²) in [6.07, 6.45) is -0.639. The number of hydrogen-bond acceptors (Lipinski definition) is 3. The van der Waals surface area contributed by atoms with Gasteiger partial charge in [0.2, 0.25) is 6.10 Å². The topological polar surface area (TPSA) is 53.7 Å².